The first-order valence-corrected chi connectivity index (χ1v) is 9.17. The van der Waals surface area contributed by atoms with Crippen molar-refractivity contribution in [2.45, 2.75) is 57.7 Å². The fraction of sp³-hybridized carbons (Fsp3) is 0.647. The number of aryl methyl sites for hydroxylation is 2. The Kier molecular flexibility index (Phi) is 4.42. The van der Waals surface area contributed by atoms with Crippen molar-refractivity contribution in [3.8, 4) is 0 Å². The molecule has 0 saturated carbocycles. The maximum atomic E-state index is 12.8. The second-order valence-corrected chi connectivity index (χ2v) is 6.89. The number of nitrogens with zero attached hydrogens (tertiary/aromatic N) is 6. The van der Waals surface area contributed by atoms with E-state index in [0.717, 1.165) is 62.5 Å². The SMILES string of the molecule is Cn1nccc1CNC(=O)N1CCCC[C@H]1c1nnc2n1CCCC2. The number of rotatable bonds is 3. The predicted octanol–water partition coefficient (Wildman–Crippen LogP) is 1.78. The van der Waals surface area contributed by atoms with Gasteiger partial charge in [-0.25, -0.2) is 4.79 Å². The van der Waals surface area contributed by atoms with Gasteiger partial charge in [0.1, 0.15) is 5.82 Å². The van der Waals surface area contributed by atoms with Crippen LogP contribution in [0.2, 0.25) is 0 Å². The number of nitrogens with one attached hydrogen (secondary N) is 1. The molecule has 2 aliphatic rings. The first-order chi connectivity index (χ1) is 12.2. The van der Waals surface area contributed by atoms with E-state index in [4.69, 9.17) is 0 Å². The summed E-state index contributed by atoms with van der Waals surface area (Å²) in [5, 5.41) is 16.0. The van der Waals surface area contributed by atoms with Crippen molar-refractivity contribution in [2.24, 2.45) is 7.05 Å². The number of hydrogen-bond donors (Lipinski definition) is 1. The maximum Gasteiger partial charge on any atom is 0.318 e. The summed E-state index contributed by atoms with van der Waals surface area (Å²) in [6, 6.07) is 1.92. The van der Waals surface area contributed by atoms with Crippen molar-refractivity contribution < 1.29 is 4.79 Å². The second-order valence-electron chi connectivity index (χ2n) is 6.89. The van der Waals surface area contributed by atoms with Gasteiger partial charge in [-0.05, 0) is 38.2 Å². The molecule has 8 nitrogen and oxygen atoms in total. The summed E-state index contributed by atoms with van der Waals surface area (Å²) >= 11 is 0. The van der Waals surface area contributed by atoms with Crippen LogP contribution in [-0.2, 0) is 26.6 Å². The molecule has 1 saturated heterocycles. The Morgan fingerprint density at radius 2 is 2.12 bits per heavy atom. The molecule has 2 aliphatic heterocycles. The molecule has 1 atom stereocenters. The summed E-state index contributed by atoms with van der Waals surface area (Å²) < 4.78 is 4.02. The number of likely N-dealkylation sites (tertiary alicyclic amines) is 1. The highest BCUT2D eigenvalue weighted by molar-refractivity contribution is 5.74. The molecule has 0 bridgehead atoms. The summed E-state index contributed by atoms with van der Waals surface area (Å²) in [5.41, 5.74) is 0.988. The summed E-state index contributed by atoms with van der Waals surface area (Å²) in [4.78, 5) is 14.7. The summed E-state index contributed by atoms with van der Waals surface area (Å²) in [6.07, 6.45) is 8.20. The van der Waals surface area contributed by atoms with Gasteiger partial charge in [0.15, 0.2) is 5.82 Å². The zero-order chi connectivity index (χ0) is 17.2. The van der Waals surface area contributed by atoms with E-state index < -0.39 is 0 Å². The van der Waals surface area contributed by atoms with Gasteiger partial charge in [0.05, 0.1) is 18.3 Å². The van der Waals surface area contributed by atoms with Gasteiger partial charge in [-0.15, -0.1) is 10.2 Å². The third kappa shape index (κ3) is 3.12. The Morgan fingerprint density at radius 3 is 2.96 bits per heavy atom. The predicted molar refractivity (Wildman–Crippen MR) is 91.7 cm³/mol. The molecular weight excluding hydrogens is 318 g/mol. The van der Waals surface area contributed by atoms with E-state index >= 15 is 0 Å². The molecule has 2 amide bonds. The maximum absolute atomic E-state index is 12.8. The zero-order valence-electron chi connectivity index (χ0n) is 14.7. The van der Waals surface area contributed by atoms with Crippen LogP contribution in [0, 0.1) is 0 Å². The van der Waals surface area contributed by atoms with Crippen LogP contribution >= 0.6 is 0 Å². The summed E-state index contributed by atoms with van der Waals surface area (Å²) in [6.45, 7) is 2.22. The van der Waals surface area contributed by atoms with Crippen LogP contribution in [0.5, 0.6) is 0 Å². The number of aromatic nitrogens is 5. The Labute approximate surface area is 147 Å². The van der Waals surface area contributed by atoms with Gasteiger partial charge < -0.3 is 14.8 Å². The lowest BCUT2D eigenvalue weighted by atomic mass is 10.0. The van der Waals surface area contributed by atoms with E-state index in [0.29, 0.717) is 6.54 Å². The van der Waals surface area contributed by atoms with Crippen LogP contribution in [-0.4, -0.2) is 42.0 Å². The monoisotopic (exact) mass is 343 g/mol. The van der Waals surface area contributed by atoms with E-state index in [1.807, 2.05) is 18.0 Å². The van der Waals surface area contributed by atoms with Gasteiger partial charge in [-0.2, -0.15) is 5.10 Å². The summed E-state index contributed by atoms with van der Waals surface area (Å²) in [5.74, 6) is 2.03. The van der Waals surface area contributed by atoms with Crippen molar-refractivity contribution in [2.75, 3.05) is 6.54 Å². The van der Waals surface area contributed by atoms with E-state index in [1.54, 1.807) is 10.9 Å². The Hall–Kier alpha value is -2.38. The summed E-state index contributed by atoms with van der Waals surface area (Å²) in [7, 11) is 1.88. The molecule has 1 fully saturated rings. The number of amides is 2. The molecule has 2 aromatic heterocycles. The molecule has 2 aromatic rings. The minimum absolute atomic E-state index is 0.0274. The van der Waals surface area contributed by atoms with Crippen molar-refractivity contribution in [3.05, 3.63) is 29.6 Å². The molecular formula is C17H25N7O. The van der Waals surface area contributed by atoms with Crippen molar-refractivity contribution in [3.63, 3.8) is 0 Å². The standard InChI is InChI=1S/C17H25N7O/c1-22-13(8-9-19-22)12-18-17(25)23-10-4-2-6-14(23)16-21-20-15-7-3-5-11-24(15)16/h8-9,14H,2-7,10-12H2,1H3,(H,18,25)/t14-/m0/s1. The molecule has 8 heteroatoms. The molecule has 0 unspecified atom stereocenters. The van der Waals surface area contributed by atoms with Gasteiger partial charge in [0, 0.05) is 32.8 Å². The first kappa shape index (κ1) is 16.1. The van der Waals surface area contributed by atoms with Crippen molar-refractivity contribution in [1.29, 1.82) is 0 Å². The fourth-order valence-corrected chi connectivity index (χ4v) is 3.86. The average Bonchev–Trinajstić information content (AvgIpc) is 3.25. The Bertz CT molecular complexity index is 750. The van der Waals surface area contributed by atoms with Gasteiger partial charge in [-0.3, -0.25) is 4.68 Å². The van der Waals surface area contributed by atoms with Gasteiger partial charge in [0.2, 0.25) is 0 Å². The smallest absolute Gasteiger partial charge is 0.318 e. The van der Waals surface area contributed by atoms with Crippen LogP contribution in [0.4, 0.5) is 4.79 Å². The Balaban J connectivity index is 1.50. The van der Waals surface area contributed by atoms with Crippen LogP contribution in [0.3, 0.4) is 0 Å². The molecule has 134 valence electrons. The third-order valence-corrected chi connectivity index (χ3v) is 5.29. The number of carbonyl (C=O) groups is 1. The highest BCUT2D eigenvalue weighted by Gasteiger charge is 2.32. The van der Waals surface area contributed by atoms with E-state index in [1.165, 1.54) is 6.42 Å². The van der Waals surface area contributed by atoms with E-state index in [9.17, 15) is 4.79 Å². The van der Waals surface area contributed by atoms with Crippen LogP contribution in [0.1, 0.15) is 55.5 Å². The lowest BCUT2D eigenvalue weighted by Crippen LogP contribution is -2.45. The number of urea groups is 1. The topological polar surface area (TPSA) is 80.9 Å². The molecule has 4 heterocycles. The molecule has 0 aromatic carbocycles. The van der Waals surface area contributed by atoms with Crippen LogP contribution in [0.15, 0.2) is 12.3 Å². The molecule has 4 rings (SSSR count). The number of fused-ring (bicyclic) bond motifs is 1. The molecule has 25 heavy (non-hydrogen) atoms. The van der Waals surface area contributed by atoms with Crippen molar-refractivity contribution >= 4 is 6.03 Å². The van der Waals surface area contributed by atoms with Gasteiger partial charge in [0.25, 0.3) is 0 Å². The quantitative estimate of drug-likeness (QED) is 0.921. The molecule has 0 aliphatic carbocycles. The number of piperidine rings is 1. The first-order valence-electron chi connectivity index (χ1n) is 9.17. The zero-order valence-corrected chi connectivity index (χ0v) is 14.7. The highest BCUT2D eigenvalue weighted by atomic mass is 16.2. The Morgan fingerprint density at radius 1 is 1.24 bits per heavy atom. The molecule has 0 radical (unpaired) electrons. The van der Waals surface area contributed by atoms with Crippen molar-refractivity contribution in [1.82, 2.24) is 34.8 Å². The van der Waals surface area contributed by atoms with E-state index in [-0.39, 0.29) is 12.1 Å². The lowest BCUT2D eigenvalue weighted by Gasteiger charge is -2.35. The number of carbonyl (C=O) groups excluding carboxylic acids is 1. The van der Waals surface area contributed by atoms with E-state index in [2.05, 4.69) is 25.2 Å². The molecule has 0 spiro atoms. The minimum Gasteiger partial charge on any atom is -0.332 e. The highest BCUT2D eigenvalue weighted by Crippen LogP contribution is 2.31. The fourth-order valence-electron chi connectivity index (χ4n) is 3.86. The van der Waals surface area contributed by atoms with Crippen LogP contribution in [0.25, 0.3) is 0 Å². The van der Waals surface area contributed by atoms with Gasteiger partial charge >= 0.3 is 6.03 Å². The molecule has 1 N–H and O–H groups in total. The number of hydrogen-bond acceptors (Lipinski definition) is 4. The van der Waals surface area contributed by atoms with Gasteiger partial charge in [-0.1, -0.05) is 0 Å². The third-order valence-electron chi connectivity index (χ3n) is 5.29. The average molecular weight is 343 g/mol. The largest absolute Gasteiger partial charge is 0.332 e. The minimum atomic E-state index is -0.0286. The second kappa shape index (κ2) is 6.85. The lowest BCUT2D eigenvalue weighted by molar-refractivity contribution is 0.144. The normalized spacial score (nSPS) is 20.4. The van der Waals surface area contributed by atoms with Crippen LogP contribution < -0.4 is 5.32 Å².